The van der Waals surface area contributed by atoms with Crippen molar-refractivity contribution in [3.63, 3.8) is 0 Å². The van der Waals surface area contributed by atoms with Gasteiger partial charge in [-0.05, 0) is 6.42 Å². The lowest BCUT2D eigenvalue weighted by Crippen LogP contribution is -2.48. The van der Waals surface area contributed by atoms with Gasteiger partial charge in [-0.1, -0.05) is 0 Å². The minimum Gasteiger partial charge on any atom is -0.385 e. The summed E-state index contributed by atoms with van der Waals surface area (Å²) in [6, 6.07) is 0.250. The normalized spacial score (nSPS) is 17.1. The summed E-state index contributed by atoms with van der Waals surface area (Å²) in [5.74, 6) is 0.0975. The van der Waals surface area contributed by atoms with Gasteiger partial charge in [-0.25, -0.2) is 0 Å². The third-order valence-electron chi connectivity index (χ3n) is 1.76. The third-order valence-corrected chi connectivity index (χ3v) is 1.76. The summed E-state index contributed by atoms with van der Waals surface area (Å²) in [5, 5.41) is 2.86. The van der Waals surface area contributed by atoms with Crippen molar-refractivity contribution in [1.82, 2.24) is 5.32 Å². The van der Waals surface area contributed by atoms with Crippen LogP contribution in [0.1, 0.15) is 12.8 Å². The van der Waals surface area contributed by atoms with Gasteiger partial charge in [0.25, 0.3) is 0 Å². The average Bonchev–Trinajstić information content (AvgIpc) is 1.98. The van der Waals surface area contributed by atoms with Gasteiger partial charge in [-0.3, -0.25) is 4.79 Å². The molecule has 1 heterocycles. The summed E-state index contributed by atoms with van der Waals surface area (Å²) in [5.41, 5.74) is 0. The van der Waals surface area contributed by atoms with E-state index < -0.39 is 0 Å². The Balaban J connectivity index is 1.95. The minimum atomic E-state index is 0.0975. The van der Waals surface area contributed by atoms with Gasteiger partial charge in [0.05, 0.1) is 19.3 Å². The molecule has 1 fully saturated rings. The second-order valence-electron chi connectivity index (χ2n) is 2.90. The number of amides is 1. The molecule has 0 saturated carbocycles. The standard InChI is InChI=1S/C8H15NO3/c1-11-4-2-3-8(10)9-7-5-12-6-7/h7H,2-6H2,1H3,(H,9,10). The van der Waals surface area contributed by atoms with Crippen molar-refractivity contribution in [3.05, 3.63) is 0 Å². The Labute approximate surface area is 72.2 Å². The Morgan fingerprint density at radius 2 is 2.42 bits per heavy atom. The van der Waals surface area contributed by atoms with Crippen LogP contribution in [0.3, 0.4) is 0 Å². The van der Waals surface area contributed by atoms with E-state index in [9.17, 15) is 4.79 Å². The van der Waals surface area contributed by atoms with Crippen molar-refractivity contribution >= 4 is 5.91 Å². The molecule has 0 atom stereocenters. The molecule has 70 valence electrons. The highest BCUT2D eigenvalue weighted by Crippen LogP contribution is 2.00. The van der Waals surface area contributed by atoms with E-state index >= 15 is 0 Å². The van der Waals surface area contributed by atoms with Crippen molar-refractivity contribution < 1.29 is 14.3 Å². The van der Waals surface area contributed by atoms with Crippen LogP contribution in [0.4, 0.5) is 0 Å². The zero-order valence-electron chi connectivity index (χ0n) is 7.34. The van der Waals surface area contributed by atoms with Crippen molar-refractivity contribution in [2.45, 2.75) is 18.9 Å². The summed E-state index contributed by atoms with van der Waals surface area (Å²) in [6.07, 6.45) is 1.33. The zero-order chi connectivity index (χ0) is 8.81. The summed E-state index contributed by atoms with van der Waals surface area (Å²) < 4.78 is 9.75. The van der Waals surface area contributed by atoms with E-state index in [-0.39, 0.29) is 11.9 Å². The molecule has 1 aliphatic rings. The van der Waals surface area contributed by atoms with Gasteiger partial charge in [0, 0.05) is 20.1 Å². The molecule has 0 aliphatic carbocycles. The van der Waals surface area contributed by atoms with Gasteiger partial charge in [-0.2, -0.15) is 0 Å². The van der Waals surface area contributed by atoms with Gasteiger partial charge in [0.15, 0.2) is 0 Å². The number of rotatable bonds is 5. The van der Waals surface area contributed by atoms with E-state index in [1.807, 2.05) is 0 Å². The highest BCUT2D eigenvalue weighted by molar-refractivity contribution is 5.76. The molecule has 4 heteroatoms. The Hall–Kier alpha value is -0.610. The monoisotopic (exact) mass is 173 g/mol. The van der Waals surface area contributed by atoms with E-state index in [1.54, 1.807) is 7.11 Å². The van der Waals surface area contributed by atoms with Crippen molar-refractivity contribution in [1.29, 1.82) is 0 Å². The van der Waals surface area contributed by atoms with Crippen molar-refractivity contribution in [3.8, 4) is 0 Å². The summed E-state index contributed by atoms with van der Waals surface area (Å²) in [7, 11) is 1.64. The number of nitrogens with one attached hydrogen (secondary N) is 1. The van der Waals surface area contributed by atoms with Gasteiger partial charge in [0.1, 0.15) is 0 Å². The first-order valence-corrected chi connectivity index (χ1v) is 4.19. The maximum Gasteiger partial charge on any atom is 0.220 e. The molecule has 4 nitrogen and oxygen atoms in total. The van der Waals surface area contributed by atoms with E-state index in [0.29, 0.717) is 26.2 Å². The van der Waals surface area contributed by atoms with Crippen LogP contribution < -0.4 is 5.32 Å². The quantitative estimate of drug-likeness (QED) is 0.592. The lowest BCUT2D eigenvalue weighted by Gasteiger charge is -2.26. The van der Waals surface area contributed by atoms with Crippen LogP contribution in [0, 0.1) is 0 Å². The molecule has 0 radical (unpaired) electrons. The summed E-state index contributed by atoms with van der Waals surface area (Å²) in [6.45, 7) is 1.97. The van der Waals surface area contributed by atoms with Crippen LogP contribution in [0.5, 0.6) is 0 Å². The average molecular weight is 173 g/mol. The molecule has 0 aromatic carbocycles. The predicted molar refractivity (Wildman–Crippen MR) is 43.9 cm³/mol. The Bertz CT molecular complexity index is 145. The smallest absolute Gasteiger partial charge is 0.220 e. The first kappa shape index (κ1) is 9.48. The fraction of sp³-hybridized carbons (Fsp3) is 0.875. The molecule has 1 amide bonds. The molecular formula is C8H15NO3. The van der Waals surface area contributed by atoms with Gasteiger partial charge in [0.2, 0.25) is 5.91 Å². The van der Waals surface area contributed by atoms with Gasteiger partial charge >= 0.3 is 0 Å². The van der Waals surface area contributed by atoms with Crippen LogP contribution >= 0.6 is 0 Å². The first-order chi connectivity index (χ1) is 5.83. The number of ether oxygens (including phenoxy) is 2. The Kier molecular flexibility index (Phi) is 4.04. The molecule has 1 N–H and O–H groups in total. The molecule has 0 aromatic heterocycles. The fourth-order valence-corrected chi connectivity index (χ4v) is 0.996. The molecule has 0 bridgehead atoms. The van der Waals surface area contributed by atoms with E-state index in [4.69, 9.17) is 9.47 Å². The van der Waals surface area contributed by atoms with Crippen molar-refractivity contribution in [2.24, 2.45) is 0 Å². The molecule has 1 saturated heterocycles. The molecule has 0 spiro atoms. The third kappa shape index (κ3) is 3.19. The highest BCUT2D eigenvalue weighted by Gasteiger charge is 2.19. The number of carbonyl (C=O) groups excluding carboxylic acids is 1. The van der Waals surface area contributed by atoms with Crippen LogP contribution in [0.15, 0.2) is 0 Å². The SMILES string of the molecule is COCCCC(=O)NC1COC1. The van der Waals surface area contributed by atoms with Crippen LogP contribution in [0.25, 0.3) is 0 Å². The molecule has 1 aliphatic heterocycles. The lowest BCUT2D eigenvalue weighted by molar-refractivity contribution is -0.125. The molecule has 0 unspecified atom stereocenters. The molecule has 1 rings (SSSR count). The first-order valence-electron chi connectivity index (χ1n) is 4.19. The van der Waals surface area contributed by atoms with E-state index in [1.165, 1.54) is 0 Å². The van der Waals surface area contributed by atoms with Crippen LogP contribution in [-0.2, 0) is 14.3 Å². The van der Waals surface area contributed by atoms with E-state index in [2.05, 4.69) is 5.32 Å². The fourth-order valence-electron chi connectivity index (χ4n) is 0.996. The second-order valence-corrected chi connectivity index (χ2v) is 2.90. The number of hydrogen-bond acceptors (Lipinski definition) is 3. The Morgan fingerprint density at radius 1 is 1.67 bits per heavy atom. The number of methoxy groups -OCH3 is 1. The maximum atomic E-state index is 11.1. The Morgan fingerprint density at radius 3 is 2.92 bits per heavy atom. The lowest BCUT2D eigenvalue weighted by atomic mass is 10.2. The predicted octanol–water partition coefficient (Wildman–Crippen LogP) is -0.0720. The topological polar surface area (TPSA) is 47.6 Å². The number of hydrogen-bond donors (Lipinski definition) is 1. The second kappa shape index (κ2) is 5.11. The minimum absolute atomic E-state index is 0.0975. The number of carbonyl (C=O) groups is 1. The largest absolute Gasteiger partial charge is 0.385 e. The van der Waals surface area contributed by atoms with Gasteiger partial charge < -0.3 is 14.8 Å². The molecule has 0 aromatic rings. The van der Waals surface area contributed by atoms with Crippen molar-refractivity contribution in [2.75, 3.05) is 26.9 Å². The summed E-state index contributed by atoms with van der Waals surface area (Å²) in [4.78, 5) is 11.1. The van der Waals surface area contributed by atoms with E-state index in [0.717, 1.165) is 6.42 Å². The van der Waals surface area contributed by atoms with Crippen LogP contribution in [-0.4, -0.2) is 38.9 Å². The molecule has 12 heavy (non-hydrogen) atoms. The zero-order valence-corrected chi connectivity index (χ0v) is 7.34. The van der Waals surface area contributed by atoms with Crippen LogP contribution in [0.2, 0.25) is 0 Å². The molecular weight excluding hydrogens is 158 g/mol. The van der Waals surface area contributed by atoms with Gasteiger partial charge in [-0.15, -0.1) is 0 Å². The highest BCUT2D eigenvalue weighted by atomic mass is 16.5. The summed E-state index contributed by atoms with van der Waals surface area (Å²) >= 11 is 0. The maximum absolute atomic E-state index is 11.1.